The predicted molar refractivity (Wildman–Crippen MR) is 71.0 cm³/mol. The monoisotopic (exact) mass is 286 g/mol. The maximum Gasteiger partial charge on any atom is 0.225 e. The van der Waals surface area contributed by atoms with E-state index in [0.29, 0.717) is 36.9 Å². The van der Waals surface area contributed by atoms with Gasteiger partial charge in [0.1, 0.15) is 5.67 Å². The summed E-state index contributed by atoms with van der Waals surface area (Å²) in [7, 11) is 0. The lowest BCUT2D eigenvalue weighted by molar-refractivity contribution is -0.119. The fourth-order valence-corrected chi connectivity index (χ4v) is 2.13. The molecule has 1 aliphatic rings. The first-order valence-corrected chi connectivity index (χ1v) is 6.52. The number of aromatic nitrogens is 2. The summed E-state index contributed by atoms with van der Waals surface area (Å²) in [5, 5.41) is 3.01. The Morgan fingerprint density at radius 3 is 2.58 bits per heavy atom. The predicted octanol–water partition coefficient (Wildman–Crippen LogP) is 1.57. The van der Waals surface area contributed by atoms with E-state index < -0.39 is 5.67 Å². The molecule has 0 aromatic carbocycles. The first-order chi connectivity index (χ1) is 8.98. The maximum atomic E-state index is 14.4. The van der Waals surface area contributed by atoms with Crippen molar-refractivity contribution >= 4 is 23.5 Å². The van der Waals surface area contributed by atoms with Gasteiger partial charge in [-0.1, -0.05) is 11.6 Å². The zero-order chi connectivity index (χ0) is 13.9. The smallest absolute Gasteiger partial charge is 0.225 e. The summed E-state index contributed by atoms with van der Waals surface area (Å²) in [5.74, 6) is 0.353. The Bertz CT molecular complexity index is 446. The fraction of sp³-hybridized carbons (Fsp3) is 0.583. The molecule has 5 nitrogen and oxygen atoms in total. The molecule has 104 valence electrons. The number of rotatable bonds is 3. The molecule has 0 atom stereocenters. The van der Waals surface area contributed by atoms with Gasteiger partial charge < -0.3 is 10.2 Å². The molecule has 1 saturated heterocycles. The molecule has 1 aromatic heterocycles. The zero-order valence-electron chi connectivity index (χ0n) is 10.7. The number of amides is 1. The third-order valence-corrected chi connectivity index (χ3v) is 3.40. The van der Waals surface area contributed by atoms with E-state index in [0.717, 1.165) is 0 Å². The molecular weight excluding hydrogens is 271 g/mol. The standard InChI is InChI=1S/C12H16ClFN4O/c1-9(19)17-8-12(14)2-4-18(5-3-12)11-15-6-10(13)7-16-11/h6-7H,2-5,8H2,1H3,(H,17,19). The van der Waals surface area contributed by atoms with Gasteiger partial charge in [0.15, 0.2) is 0 Å². The third kappa shape index (κ3) is 3.76. The Morgan fingerprint density at radius 2 is 2.05 bits per heavy atom. The Labute approximate surface area is 116 Å². The summed E-state index contributed by atoms with van der Waals surface area (Å²) < 4.78 is 14.4. The third-order valence-electron chi connectivity index (χ3n) is 3.20. The van der Waals surface area contributed by atoms with Gasteiger partial charge in [-0.15, -0.1) is 0 Å². The van der Waals surface area contributed by atoms with Gasteiger partial charge in [-0.3, -0.25) is 4.79 Å². The number of piperidine rings is 1. The van der Waals surface area contributed by atoms with Crippen LogP contribution >= 0.6 is 11.6 Å². The van der Waals surface area contributed by atoms with Gasteiger partial charge in [0, 0.05) is 32.9 Å². The van der Waals surface area contributed by atoms with Gasteiger partial charge in [-0.25, -0.2) is 14.4 Å². The Morgan fingerprint density at radius 1 is 1.47 bits per heavy atom. The minimum atomic E-state index is -1.34. The van der Waals surface area contributed by atoms with Gasteiger partial charge in [0.25, 0.3) is 0 Å². The van der Waals surface area contributed by atoms with Crippen LogP contribution in [0.3, 0.4) is 0 Å². The largest absolute Gasteiger partial charge is 0.353 e. The van der Waals surface area contributed by atoms with Crippen LogP contribution in [0.1, 0.15) is 19.8 Å². The minimum absolute atomic E-state index is 0.0671. The van der Waals surface area contributed by atoms with Crippen LogP contribution < -0.4 is 10.2 Å². The van der Waals surface area contributed by atoms with Crippen molar-refractivity contribution in [3.63, 3.8) is 0 Å². The number of anilines is 1. The molecule has 2 rings (SSSR count). The second-order valence-corrected chi connectivity index (χ2v) is 5.19. The van der Waals surface area contributed by atoms with Crippen LogP contribution in [0.5, 0.6) is 0 Å². The van der Waals surface area contributed by atoms with Gasteiger partial charge in [0.05, 0.1) is 24.0 Å². The SMILES string of the molecule is CC(=O)NCC1(F)CCN(c2ncc(Cl)cn2)CC1. The van der Waals surface area contributed by atoms with E-state index in [2.05, 4.69) is 15.3 Å². The molecule has 1 fully saturated rings. The van der Waals surface area contributed by atoms with Crippen LogP contribution in [0.4, 0.5) is 10.3 Å². The van der Waals surface area contributed by atoms with E-state index >= 15 is 0 Å². The van der Waals surface area contributed by atoms with Crippen molar-refractivity contribution in [1.29, 1.82) is 0 Å². The van der Waals surface area contributed by atoms with Gasteiger partial charge in [-0.2, -0.15) is 0 Å². The second kappa shape index (κ2) is 5.69. The van der Waals surface area contributed by atoms with E-state index in [1.807, 2.05) is 4.90 Å². The number of hydrogen-bond acceptors (Lipinski definition) is 4. The summed E-state index contributed by atoms with van der Waals surface area (Å²) in [6.45, 7) is 2.51. The van der Waals surface area contributed by atoms with Crippen molar-refractivity contribution in [2.45, 2.75) is 25.4 Å². The second-order valence-electron chi connectivity index (χ2n) is 4.75. The Kier molecular flexibility index (Phi) is 4.19. The average molecular weight is 287 g/mol. The molecule has 7 heteroatoms. The molecule has 0 radical (unpaired) electrons. The van der Waals surface area contributed by atoms with E-state index in [-0.39, 0.29) is 12.5 Å². The maximum absolute atomic E-state index is 14.4. The van der Waals surface area contributed by atoms with Crippen molar-refractivity contribution in [2.24, 2.45) is 0 Å². The number of nitrogens with zero attached hydrogens (tertiary/aromatic N) is 3. The summed E-state index contributed by atoms with van der Waals surface area (Å²) >= 11 is 5.72. The highest BCUT2D eigenvalue weighted by Crippen LogP contribution is 2.27. The summed E-state index contributed by atoms with van der Waals surface area (Å²) in [6.07, 6.45) is 3.75. The zero-order valence-corrected chi connectivity index (χ0v) is 11.5. The average Bonchev–Trinajstić information content (AvgIpc) is 2.39. The number of nitrogens with one attached hydrogen (secondary N) is 1. The number of carbonyl (C=O) groups excluding carboxylic acids is 1. The highest BCUT2D eigenvalue weighted by atomic mass is 35.5. The van der Waals surface area contributed by atoms with Gasteiger partial charge >= 0.3 is 0 Å². The molecule has 0 aliphatic carbocycles. The number of halogens is 2. The Balaban J connectivity index is 1.91. The van der Waals surface area contributed by atoms with Crippen LogP contribution in [0.15, 0.2) is 12.4 Å². The first-order valence-electron chi connectivity index (χ1n) is 6.14. The molecule has 1 N–H and O–H groups in total. The van der Waals surface area contributed by atoms with Crippen LogP contribution in [0.25, 0.3) is 0 Å². The minimum Gasteiger partial charge on any atom is -0.353 e. The van der Waals surface area contributed by atoms with Crippen LogP contribution in [-0.2, 0) is 4.79 Å². The molecular formula is C12H16ClFN4O. The van der Waals surface area contributed by atoms with Crippen molar-refractivity contribution < 1.29 is 9.18 Å². The van der Waals surface area contributed by atoms with Crippen molar-refractivity contribution in [3.8, 4) is 0 Å². The first kappa shape index (κ1) is 14.0. The molecule has 0 saturated carbocycles. The molecule has 1 aromatic rings. The normalized spacial score (nSPS) is 18.2. The molecule has 0 spiro atoms. The summed E-state index contributed by atoms with van der Waals surface area (Å²) in [5.41, 5.74) is -1.34. The highest BCUT2D eigenvalue weighted by Gasteiger charge is 2.35. The summed E-state index contributed by atoms with van der Waals surface area (Å²) in [4.78, 5) is 21.0. The van der Waals surface area contributed by atoms with Crippen molar-refractivity contribution in [1.82, 2.24) is 15.3 Å². The van der Waals surface area contributed by atoms with Crippen LogP contribution in [-0.4, -0.2) is 41.2 Å². The molecule has 19 heavy (non-hydrogen) atoms. The molecule has 0 bridgehead atoms. The number of hydrogen-bond donors (Lipinski definition) is 1. The van der Waals surface area contributed by atoms with E-state index in [1.54, 1.807) is 0 Å². The van der Waals surface area contributed by atoms with Crippen molar-refractivity contribution in [2.75, 3.05) is 24.5 Å². The molecule has 1 amide bonds. The summed E-state index contributed by atoms with van der Waals surface area (Å²) in [6, 6.07) is 0. The lowest BCUT2D eigenvalue weighted by Gasteiger charge is -2.36. The number of carbonyl (C=O) groups is 1. The lowest BCUT2D eigenvalue weighted by atomic mass is 9.93. The highest BCUT2D eigenvalue weighted by molar-refractivity contribution is 6.30. The van der Waals surface area contributed by atoms with E-state index in [9.17, 15) is 9.18 Å². The van der Waals surface area contributed by atoms with E-state index in [4.69, 9.17) is 11.6 Å². The molecule has 2 heterocycles. The Hall–Kier alpha value is -1.43. The molecule has 0 unspecified atom stereocenters. The lowest BCUT2D eigenvalue weighted by Crippen LogP contribution is -2.48. The van der Waals surface area contributed by atoms with Gasteiger partial charge in [0.2, 0.25) is 11.9 Å². The van der Waals surface area contributed by atoms with Crippen molar-refractivity contribution in [3.05, 3.63) is 17.4 Å². The van der Waals surface area contributed by atoms with Gasteiger partial charge in [-0.05, 0) is 0 Å². The van der Waals surface area contributed by atoms with Crippen LogP contribution in [0.2, 0.25) is 5.02 Å². The van der Waals surface area contributed by atoms with E-state index in [1.165, 1.54) is 19.3 Å². The fourth-order valence-electron chi connectivity index (χ4n) is 2.04. The topological polar surface area (TPSA) is 58.1 Å². The molecule has 1 aliphatic heterocycles. The van der Waals surface area contributed by atoms with Crippen LogP contribution in [0, 0.1) is 0 Å². The quantitative estimate of drug-likeness (QED) is 0.916. The number of alkyl halides is 1.